The molecule has 2 aliphatic rings. The first kappa shape index (κ1) is 11.4. The van der Waals surface area contributed by atoms with E-state index in [2.05, 4.69) is 19.2 Å². The van der Waals surface area contributed by atoms with Crippen molar-refractivity contribution in [1.82, 2.24) is 5.32 Å². The average molecular weight is 211 g/mol. The molecule has 2 fully saturated rings. The van der Waals surface area contributed by atoms with Crippen molar-refractivity contribution in [1.29, 1.82) is 0 Å². The molecule has 1 saturated carbocycles. The third kappa shape index (κ3) is 3.46. The Morgan fingerprint density at radius 1 is 1.27 bits per heavy atom. The van der Waals surface area contributed by atoms with Gasteiger partial charge in [-0.3, -0.25) is 0 Å². The summed E-state index contributed by atoms with van der Waals surface area (Å²) in [4.78, 5) is 0. The third-order valence-corrected chi connectivity index (χ3v) is 4.05. The molecule has 15 heavy (non-hydrogen) atoms. The van der Waals surface area contributed by atoms with E-state index in [0.717, 1.165) is 25.2 Å². The topological polar surface area (TPSA) is 21.3 Å². The molecule has 0 amide bonds. The molecule has 0 aromatic heterocycles. The standard InChI is InChI=1S/C13H25NO/c1-13(2,7-8-14-12-5-6-12)11-4-3-9-15-10-11/h11-12,14H,3-10H2,1-2H3. The molecular weight excluding hydrogens is 186 g/mol. The second-order valence-electron chi connectivity index (χ2n) is 5.88. The van der Waals surface area contributed by atoms with E-state index in [1.807, 2.05) is 0 Å². The van der Waals surface area contributed by atoms with Gasteiger partial charge in [0.05, 0.1) is 0 Å². The lowest BCUT2D eigenvalue weighted by Gasteiger charge is -2.37. The Labute approximate surface area is 93.8 Å². The minimum atomic E-state index is 0.447. The van der Waals surface area contributed by atoms with Gasteiger partial charge >= 0.3 is 0 Å². The molecule has 2 nitrogen and oxygen atoms in total. The van der Waals surface area contributed by atoms with E-state index in [0.29, 0.717) is 5.41 Å². The number of ether oxygens (including phenoxy) is 1. The minimum absolute atomic E-state index is 0.447. The van der Waals surface area contributed by atoms with Crippen LogP contribution in [0.25, 0.3) is 0 Å². The molecule has 0 radical (unpaired) electrons. The predicted octanol–water partition coefficient (Wildman–Crippen LogP) is 2.58. The van der Waals surface area contributed by atoms with E-state index < -0.39 is 0 Å². The van der Waals surface area contributed by atoms with Crippen molar-refractivity contribution in [3.63, 3.8) is 0 Å². The van der Waals surface area contributed by atoms with Gasteiger partial charge in [-0.25, -0.2) is 0 Å². The van der Waals surface area contributed by atoms with Crippen LogP contribution in [0.3, 0.4) is 0 Å². The van der Waals surface area contributed by atoms with Crippen LogP contribution >= 0.6 is 0 Å². The summed E-state index contributed by atoms with van der Waals surface area (Å²) >= 11 is 0. The third-order valence-electron chi connectivity index (χ3n) is 4.05. The van der Waals surface area contributed by atoms with Crippen LogP contribution in [0.2, 0.25) is 0 Å². The molecular formula is C13H25NO. The van der Waals surface area contributed by atoms with Gasteiger partial charge in [-0.1, -0.05) is 13.8 Å². The normalized spacial score (nSPS) is 28.0. The molecule has 0 aromatic rings. The van der Waals surface area contributed by atoms with E-state index >= 15 is 0 Å². The molecule has 1 heterocycles. The maximum absolute atomic E-state index is 5.59. The summed E-state index contributed by atoms with van der Waals surface area (Å²) in [7, 11) is 0. The van der Waals surface area contributed by atoms with Crippen LogP contribution in [0, 0.1) is 11.3 Å². The summed E-state index contributed by atoms with van der Waals surface area (Å²) in [6.45, 7) is 7.96. The predicted molar refractivity (Wildman–Crippen MR) is 63.0 cm³/mol. The molecule has 1 saturated heterocycles. The van der Waals surface area contributed by atoms with Crippen LogP contribution < -0.4 is 5.32 Å². The quantitative estimate of drug-likeness (QED) is 0.754. The van der Waals surface area contributed by atoms with Gasteiger partial charge in [0.25, 0.3) is 0 Å². The number of rotatable bonds is 5. The first-order chi connectivity index (χ1) is 7.18. The molecule has 1 unspecified atom stereocenters. The second kappa shape index (κ2) is 4.84. The van der Waals surface area contributed by atoms with Gasteiger partial charge in [-0.2, -0.15) is 0 Å². The minimum Gasteiger partial charge on any atom is -0.381 e. The van der Waals surface area contributed by atoms with Gasteiger partial charge in [0.2, 0.25) is 0 Å². The number of hydrogen-bond donors (Lipinski definition) is 1. The Balaban J connectivity index is 1.70. The molecule has 2 heteroatoms. The summed E-state index contributed by atoms with van der Waals surface area (Å²) in [6, 6.07) is 0.850. The van der Waals surface area contributed by atoms with Crippen molar-refractivity contribution in [2.75, 3.05) is 19.8 Å². The maximum Gasteiger partial charge on any atom is 0.0499 e. The molecule has 2 rings (SSSR count). The first-order valence-electron chi connectivity index (χ1n) is 6.49. The Morgan fingerprint density at radius 2 is 2.07 bits per heavy atom. The second-order valence-corrected chi connectivity index (χ2v) is 5.88. The summed E-state index contributed by atoms with van der Waals surface area (Å²) in [5, 5.41) is 3.61. The summed E-state index contributed by atoms with van der Waals surface area (Å²) in [6.07, 6.45) is 6.69. The SMILES string of the molecule is CC(C)(CCNC1CC1)C1CCCOC1. The van der Waals surface area contributed by atoms with Crippen molar-refractivity contribution in [2.24, 2.45) is 11.3 Å². The van der Waals surface area contributed by atoms with E-state index in [-0.39, 0.29) is 0 Å². The largest absolute Gasteiger partial charge is 0.381 e. The van der Waals surface area contributed by atoms with Crippen molar-refractivity contribution in [2.45, 2.75) is 52.0 Å². The molecule has 0 aromatic carbocycles. The lowest BCUT2D eigenvalue weighted by atomic mass is 9.74. The van der Waals surface area contributed by atoms with Gasteiger partial charge in [-0.15, -0.1) is 0 Å². The Hall–Kier alpha value is -0.0800. The Kier molecular flexibility index (Phi) is 3.68. The zero-order valence-electron chi connectivity index (χ0n) is 10.2. The molecule has 88 valence electrons. The molecule has 1 atom stereocenters. The van der Waals surface area contributed by atoms with Crippen LogP contribution in [0.15, 0.2) is 0 Å². The Morgan fingerprint density at radius 3 is 2.67 bits per heavy atom. The highest BCUT2D eigenvalue weighted by Crippen LogP contribution is 2.36. The van der Waals surface area contributed by atoms with Gasteiger partial charge < -0.3 is 10.1 Å². The smallest absolute Gasteiger partial charge is 0.0499 e. The monoisotopic (exact) mass is 211 g/mol. The van der Waals surface area contributed by atoms with Gasteiger partial charge in [-0.05, 0) is 50.0 Å². The zero-order valence-corrected chi connectivity index (χ0v) is 10.2. The fourth-order valence-corrected chi connectivity index (χ4v) is 2.45. The van der Waals surface area contributed by atoms with Gasteiger partial charge in [0.1, 0.15) is 0 Å². The fourth-order valence-electron chi connectivity index (χ4n) is 2.45. The summed E-state index contributed by atoms with van der Waals surface area (Å²) in [5.41, 5.74) is 0.447. The molecule has 0 bridgehead atoms. The first-order valence-corrected chi connectivity index (χ1v) is 6.49. The van der Waals surface area contributed by atoms with Crippen LogP contribution in [0.1, 0.15) is 46.0 Å². The molecule has 1 N–H and O–H groups in total. The Bertz CT molecular complexity index is 193. The van der Waals surface area contributed by atoms with E-state index in [4.69, 9.17) is 4.74 Å². The van der Waals surface area contributed by atoms with Crippen LogP contribution in [-0.4, -0.2) is 25.8 Å². The lowest BCUT2D eigenvalue weighted by molar-refractivity contribution is 0.00100. The number of nitrogens with one attached hydrogen (secondary N) is 1. The van der Waals surface area contributed by atoms with Gasteiger partial charge in [0.15, 0.2) is 0 Å². The number of hydrogen-bond acceptors (Lipinski definition) is 2. The van der Waals surface area contributed by atoms with Crippen molar-refractivity contribution in [3.8, 4) is 0 Å². The van der Waals surface area contributed by atoms with Crippen LogP contribution in [0.4, 0.5) is 0 Å². The van der Waals surface area contributed by atoms with Crippen molar-refractivity contribution >= 4 is 0 Å². The summed E-state index contributed by atoms with van der Waals surface area (Å²) < 4.78 is 5.59. The summed E-state index contributed by atoms with van der Waals surface area (Å²) in [5.74, 6) is 0.771. The van der Waals surface area contributed by atoms with E-state index in [1.54, 1.807) is 0 Å². The van der Waals surface area contributed by atoms with E-state index in [9.17, 15) is 0 Å². The molecule has 1 aliphatic carbocycles. The fraction of sp³-hybridized carbons (Fsp3) is 1.00. The maximum atomic E-state index is 5.59. The zero-order chi connectivity index (χ0) is 10.7. The van der Waals surface area contributed by atoms with Crippen molar-refractivity contribution in [3.05, 3.63) is 0 Å². The van der Waals surface area contributed by atoms with E-state index in [1.165, 1.54) is 38.6 Å². The van der Waals surface area contributed by atoms with Crippen molar-refractivity contribution < 1.29 is 4.74 Å². The molecule has 1 aliphatic heterocycles. The van der Waals surface area contributed by atoms with Crippen LogP contribution in [-0.2, 0) is 4.74 Å². The highest BCUT2D eigenvalue weighted by Gasteiger charge is 2.31. The van der Waals surface area contributed by atoms with Gasteiger partial charge in [0, 0.05) is 19.3 Å². The lowest BCUT2D eigenvalue weighted by Crippen LogP contribution is -2.34. The highest BCUT2D eigenvalue weighted by atomic mass is 16.5. The molecule has 0 spiro atoms. The average Bonchev–Trinajstić information content (AvgIpc) is 3.03. The van der Waals surface area contributed by atoms with Crippen LogP contribution in [0.5, 0.6) is 0 Å². The highest BCUT2D eigenvalue weighted by molar-refractivity contribution is 4.84.